The van der Waals surface area contributed by atoms with Crippen molar-refractivity contribution < 1.29 is 24.2 Å². The van der Waals surface area contributed by atoms with Crippen LogP contribution in [0.2, 0.25) is 0 Å². The van der Waals surface area contributed by atoms with Gasteiger partial charge < -0.3 is 14.6 Å². The van der Waals surface area contributed by atoms with Crippen LogP contribution in [0.15, 0.2) is 0 Å². The fraction of sp³-hybridized carbons (Fsp3) is 0.778. The van der Waals surface area contributed by atoms with Crippen molar-refractivity contribution in [2.24, 2.45) is 5.41 Å². The van der Waals surface area contributed by atoms with Crippen LogP contribution in [0, 0.1) is 5.41 Å². The van der Waals surface area contributed by atoms with Gasteiger partial charge in [0.15, 0.2) is 6.10 Å². The predicted molar refractivity (Wildman–Crippen MR) is 48.4 cm³/mol. The molecule has 0 unspecified atom stereocenters. The largest absolute Gasteiger partial charge is 0.469 e. The van der Waals surface area contributed by atoms with Crippen LogP contribution >= 0.6 is 0 Å². The van der Waals surface area contributed by atoms with Crippen molar-refractivity contribution in [2.75, 3.05) is 14.2 Å². The van der Waals surface area contributed by atoms with Gasteiger partial charge in [-0.1, -0.05) is 6.92 Å². The average Bonchev–Trinajstić information content (AvgIpc) is 2.24. The Bertz CT molecular complexity index is 225. The molecule has 14 heavy (non-hydrogen) atoms. The highest BCUT2D eigenvalue weighted by Crippen LogP contribution is 2.28. The highest BCUT2D eigenvalue weighted by molar-refractivity contribution is 5.86. The van der Waals surface area contributed by atoms with Crippen LogP contribution in [0.3, 0.4) is 0 Å². The summed E-state index contributed by atoms with van der Waals surface area (Å²) in [5.41, 5.74) is -1.25. The molecule has 5 heteroatoms. The topological polar surface area (TPSA) is 72.8 Å². The number of hydrogen-bond donors (Lipinski definition) is 1. The Morgan fingerprint density at radius 3 is 2.14 bits per heavy atom. The van der Waals surface area contributed by atoms with E-state index < -0.39 is 23.5 Å². The minimum Gasteiger partial charge on any atom is -0.469 e. The Morgan fingerprint density at radius 1 is 1.36 bits per heavy atom. The number of hydrogen-bond acceptors (Lipinski definition) is 5. The van der Waals surface area contributed by atoms with Crippen LogP contribution in [0.5, 0.6) is 0 Å². The molecule has 2 atom stereocenters. The molecule has 0 aliphatic rings. The standard InChI is InChI=1S/C9H16O5/c1-5-9(2,8(12)14-4)6(10)7(11)13-3/h6,10H,5H2,1-4H3/t6-,9-/m1/s1. The molecule has 0 aliphatic carbocycles. The molecular weight excluding hydrogens is 188 g/mol. The monoisotopic (exact) mass is 204 g/mol. The Morgan fingerprint density at radius 2 is 1.86 bits per heavy atom. The molecule has 82 valence electrons. The number of methoxy groups -OCH3 is 2. The van der Waals surface area contributed by atoms with Gasteiger partial charge in [0.1, 0.15) is 5.41 Å². The maximum atomic E-state index is 11.3. The Balaban J connectivity index is 4.84. The molecule has 0 heterocycles. The third-order valence-corrected chi connectivity index (χ3v) is 2.41. The first-order valence-electron chi connectivity index (χ1n) is 4.28. The maximum Gasteiger partial charge on any atom is 0.335 e. The van der Waals surface area contributed by atoms with Crippen LogP contribution in [0.25, 0.3) is 0 Å². The van der Waals surface area contributed by atoms with Crippen LogP contribution < -0.4 is 0 Å². The normalized spacial score (nSPS) is 16.6. The summed E-state index contributed by atoms with van der Waals surface area (Å²) in [4.78, 5) is 22.4. The van der Waals surface area contributed by atoms with E-state index in [4.69, 9.17) is 0 Å². The van der Waals surface area contributed by atoms with Gasteiger partial charge in [0, 0.05) is 0 Å². The summed E-state index contributed by atoms with van der Waals surface area (Å²) in [5.74, 6) is -1.46. The zero-order valence-corrected chi connectivity index (χ0v) is 8.86. The second-order valence-corrected chi connectivity index (χ2v) is 3.19. The van der Waals surface area contributed by atoms with Gasteiger partial charge in [0.05, 0.1) is 14.2 Å². The summed E-state index contributed by atoms with van der Waals surface area (Å²) in [7, 11) is 2.36. The van der Waals surface area contributed by atoms with Gasteiger partial charge in [0.2, 0.25) is 0 Å². The van der Waals surface area contributed by atoms with E-state index in [0.29, 0.717) is 0 Å². The number of rotatable bonds is 4. The van der Waals surface area contributed by atoms with E-state index in [1.165, 1.54) is 14.0 Å². The lowest BCUT2D eigenvalue weighted by Gasteiger charge is -2.28. The maximum absolute atomic E-state index is 11.3. The molecule has 0 aromatic rings. The summed E-state index contributed by atoms with van der Waals surface area (Å²) in [6, 6.07) is 0. The summed E-state index contributed by atoms with van der Waals surface area (Å²) < 4.78 is 8.87. The van der Waals surface area contributed by atoms with Crippen molar-refractivity contribution >= 4 is 11.9 Å². The third-order valence-electron chi connectivity index (χ3n) is 2.41. The molecule has 0 saturated carbocycles. The first kappa shape index (κ1) is 12.9. The Kier molecular flexibility index (Phi) is 4.56. The van der Waals surface area contributed by atoms with E-state index >= 15 is 0 Å². The molecule has 0 aromatic carbocycles. The lowest BCUT2D eigenvalue weighted by atomic mass is 9.81. The quantitative estimate of drug-likeness (QED) is 0.658. The number of esters is 2. The summed E-state index contributed by atoms with van der Waals surface area (Å²) in [5, 5.41) is 9.56. The summed E-state index contributed by atoms with van der Waals surface area (Å²) in [6.07, 6.45) is -1.21. The molecule has 0 radical (unpaired) electrons. The van der Waals surface area contributed by atoms with E-state index in [1.807, 2.05) is 0 Å². The predicted octanol–water partition coefficient (Wildman–Crippen LogP) is 0.110. The zero-order valence-electron chi connectivity index (χ0n) is 8.86. The van der Waals surface area contributed by atoms with Gasteiger partial charge in [-0.3, -0.25) is 4.79 Å². The van der Waals surface area contributed by atoms with Crippen LogP contribution in [-0.4, -0.2) is 37.4 Å². The van der Waals surface area contributed by atoms with E-state index in [2.05, 4.69) is 9.47 Å². The molecule has 0 bridgehead atoms. The van der Waals surface area contributed by atoms with Gasteiger partial charge in [-0.05, 0) is 13.3 Å². The highest BCUT2D eigenvalue weighted by atomic mass is 16.5. The second kappa shape index (κ2) is 4.95. The van der Waals surface area contributed by atoms with Gasteiger partial charge >= 0.3 is 11.9 Å². The second-order valence-electron chi connectivity index (χ2n) is 3.19. The molecule has 0 aliphatic heterocycles. The number of carbonyl (C=O) groups excluding carboxylic acids is 2. The van der Waals surface area contributed by atoms with E-state index in [9.17, 15) is 14.7 Å². The van der Waals surface area contributed by atoms with Crippen LogP contribution in [0.4, 0.5) is 0 Å². The molecule has 0 amide bonds. The number of ether oxygens (including phenoxy) is 2. The van der Waals surface area contributed by atoms with Gasteiger partial charge in [-0.25, -0.2) is 4.79 Å². The molecule has 0 spiro atoms. The average molecular weight is 204 g/mol. The molecular formula is C9H16O5. The molecule has 0 fully saturated rings. The molecule has 0 rings (SSSR count). The Labute approximate surface area is 83.0 Å². The van der Waals surface area contributed by atoms with Crippen molar-refractivity contribution in [1.82, 2.24) is 0 Å². The number of aliphatic hydroxyl groups is 1. The van der Waals surface area contributed by atoms with Crippen LogP contribution in [0.1, 0.15) is 20.3 Å². The molecule has 0 aromatic heterocycles. The van der Waals surface area contributed by atoms with Gasteiger partial charge in [-0.15, -0.1) is 0 Å². The SMILES string of the molecule is CC[C@@](C)(C(=O)OC)[C@H](O)C(=O)OC. The summed E-state index contributed by atoms with van der Waals surface area (Å²) in [6.45, 7) is 3.14. The van der Waals surface area contributed by atoms with Crippen molar-refractivity contribution in [3.63, 3.8) is 0 Å². The lowest BCUT2D eigenvalue weighted by Crippen LogP contribution is -2.45. The van der Waals surface area contributed by atoms with E-state index in [0.717, 1.165) is 7.11 Å². The summed E-state index contributed by atoms with van der Waals surface area (Å²) >= 11 is 0. The minimum atomic E-state index is -1.50. The fourth-order valence-electron chi connectivity index (χ4n) is 1.05. The van der Waals surface area contributed by atoms with Crippen molar-refractivity contribution in [2.45, 2.75) is 26.4 Å². The van der Waals surface area contributed by atoms with E-state index in [-0.39, 0.29) is 6.42 Å². The highest BCUT2D eigenvalue weighted by Gasteiger charge is 2.44. The smallest absolute Gasteiger partial charge is 0.335 e. The lowest BCUT2D eigenvalue weighted by molar-refractivity contribution is -0.172. The fourth-order valence-corrected chi connectivity index (χ4v) is 1.05. The zero-order chi connectivity index (χ0) is 11.4. The Hall–Kier alpha value is -1.10. The van der Waals surface area contributed by atoms with Crippen LogP contribution in [-0.2, 0) is 19.1 Å². The van der Waals surface area contributed by atoms with E-state index in [1.54, 1.807) is 6.92 Å². The first-order valence-corrected chi connectivity index (χ1v) is 4.28. The minimum absolute atomic E-state index is 0.288. The van der Waals surface area contributed by atoms with Crippen molar-refractivity contribution in [1.29, 1.82) is 0 Å². The number of aliphatic hydroxyl groups excluding tert-OH is 1. The first-order chi connectivity index (χ1) is 6.43. The van der Waals surface area contributed by atoms with Crippen molar-refractivity contribution in [3.05, 3.63) is 0 Å². The van der Waals surface area contributed by atoms with Crippen molar-refractivity contribution in [3.8, 4) is 0 Å². The third kappa shape index (κ3) is 2.23. The number of carbonyl (C=O) groups is 2. The molecule has 5 nitrogen and oxygen atoms in total. The van der Waals surface area contributed by atoms with Gasteiger partial charge in [-0.2, -0.15) is 0 Å². The molecule has 1 N–H and O–H groups in total. The molecule has 0 saturated heterocycles. The van der Waals surface area contributed by atoms with Gasteiger partial charge in [0.25, 0.3) is 0 Å².